The highest BCUT2D eigenvalue weighted by Crippen LogP contribution is 2.44. The van der Waals surface area contributed by atoms with Gasteiger partial charge in [0.25, 0.3) is 0 Å². The molecule has 0 amide bonds. The molecule has 1 N–H and O–H groups in total. The first-order chi connectivity index (χ1) is 13.3. The first-order valence-electron chi connectivity index (χ1n) is 9.20. The van der Waals surface area contributed by atoms with Crippen LogP contribution >= 0.6 is 0 Å². The van der Waals surface area contributed by atoms with E-state index in [1.54, 1.807) is 30.3 Å². The lowest BCUT2D eigenvalue weighted by Crippen LogP contribution is -2.20. The molecule has 0 atom stereocenters. The first-order valence-corrected chi connectivity index (χ1v) is 9.20. The van der Waals surface area contributed by atoms with Crippen molar-refractivity contribution in [1.82, 2.24) is 5.32 Å². The van der Waals surface area contributed by atoms with Crippen molar-refractivity contribution in [3.63, 3.8) is 0 Å². The van der Waals surface area contributed by atoms with Crippen LogP contribution in [0.15, 0.2) is 30.3 Å². The zero-order chi connectivity index (χ0) is 20.3. The number of para-hydroxylation sites is 1. The molecule has 7 heteroatoms. The van der Waals surface area contributed by atoms with Gasteiger partial charge in [-0.1, -0.05) is 31.5 Å². The van der Waals surface area contributed by atoms with E-state index in [1.165, 1.54) is 6.92 Å². The highest BCUT2D eigenvalue weighted by Gasteiger charge is 2.41. The summed E-state index contributed by atoms with van der Waals surface area (Å²) in [5.74, 6) is -0.395. The quantitative estimate of drug-likeness (QED) is 0.426. The molecule has 150 valence electrons. The number of hydrogen-bond acceptors (Lipinski definition) is 4. The Balaban J connectivity index is 2.13. The van der Waals surface area contributed by atoms with E-state index in [9.17, 15) is 18.0 Å². The molecule has 28 heavy (non-hydrogen) atoms. The Labute approximate surface area is 161 Å². The van der Waals surface area contributed by atoms with Crippen molar-refractivity contribution in [2.24, 2.45) is 0 Å². The highest BCUT2D eigenvalue weighted by molar-refractivity contribution is 5.97. The van der Waals surface area contributed by atoms with E-state index in [0.29, 0.717) is 12.2 Å². The summed E-state index contributed by atoms with van der Waals surface area (Å²) >= 11 is 0. The van der Waals surface area contributed by atoms with Crippen LogP contribution in [0.25, 0.3) is 0 Å². The van der Waals surface area contributed by atoms with Crippen LogP contribution in [0.3, 0.4) is 0 Å². The summed E-state index contributed by atoms with van der Waals surface area (Å²) in [6, 6.07) is 8.27. The third-order valence-corrected chi connectivity index (χ3v) is 4.71. The third-order valence-electron chi connectivity index (χ3n) is 4.71. The molecule has 1 aliphatic rings. The van der Waals surface area contributed by atoms with E-state index in [2.05, 4.69) is 5.32 Å². The lowest BCUT2D eigenvalue weighted by molar-refractivity contribution is -0.138. The van der Waals surface area contributed by atoms with Crippen LogP contribution in [0, 0.1) is 6.92 Å². The molecular formula is C21H22F3NO3. The number of carbonyl (C=O) groups excluding carboxylic acids is 1. The number of alkyl halides is 3. The largest absolute Gasteiger partial charge is 0.492 e. The van der Waals surface area contributed by atoms with E-state index in [0.717, 1.165) is 12.8 Å². The molecule has 0 spiro atoms. The lowest BCUT2D eigenvalue weighted by atomic mass is 9.91. The molecule has 2 aromatic carbocycles. The predicted molar refractivity (Wildman–Crippen MR) is 98.5 cm³/mol. The molecule has 0 aliphatic carbocycles. The normalized spacial score (nSPS) is 13.3. The monoisotopic (exact) mass is 393 g/mol. The molecule has 0 unspecified atom stereocenters. The van der Waals surface area contributed by atoms with Gasteiger partial charge in [0, 0.05) is 18.7 Å². The van der Waals surface area contributed by atoms with Crippen LogP contribution in [0.5, 0.6) is 11.5 Å². The fraction of sp³-hybridized carbons (Fsp3) is 0.381. The maximum Gasteiger partial charge on any atom is 0.417 e. The Kier molecular flexibility index (Phi) is 5.93. The van der Waals surface area contributed by atoms with Crippen molar-refractivity contribution < 1.29 is 27.4 Å². The summed E-state index contributed by atoms with van der Waals surface area (Å²) in [4.78, 5) is 12.9. The molecule has 0 saturated heterocycles. The van der Waals surface area contributed by atoms with Crippen molar-refractivity contribution in [2.75, 3.05) is 6.61 Å². The zero-order valence-corrected chi connectivity index (χ0v) is 15.8. The first kappa shape index (κ1) is 20.2. The Hall–Kier alpha value is -2.54. The van der Waals surface area contributed by atoms with Crippen LogP contribution in [-0.4, -0.2) is 12.6 Å². The van der Waals surface area contributed by atoms with Gasteiger partial charge in [-0.05, 0) is 36.6 Å². The van der Waals surface area contributed by atoms with E-state index in [1.807, 2.05) is 6.92 Å². The van der Waals surface area contributed by atoms with Crippen molar-refractivity contribution >= 4 is 5.97 Å². The molecule has 1 aliphatic heterocycles. The molecular weight excluding hydrogens is 371 g/mol. The van der Waals surface area contributed by atoms with Gasteiger partial charge < -0.3 is 14.8 Å². The highest BCUT2D eigenvalue weighted by atomic mass is 19.4. The Morgan fingerprint density at radius 2 is 1.82 bits per heavy atom. The standard InChI is InChI=1S/C21H22F3NO3/c1-3-4-10-27-19-16-12-25-11-15(16)18(21(22,23)24)13(2)17(19)20(26)28-14-8-6-5-7-9-14/h5-9,25H,3-4,10-12H2,1-2H3. The zero-order valence-electron chi connectivity index (χ0n) is 15.8. The smallest absolute Gasteiger partial charge is 0.417 e. The predicted octanol–water partition coefficient (Wildman–Crippen LogP) is 5.02. The number of nitrogens with one attached hydrogen (secondary N) is 1. The number of esters is 1. The van der Waals surface area contributed by atoms with E-state index in [-0.39, 0.29) is 41.3 Å². The number of rotatable bonds is 6. The average molecular weight is 393 g/mol. The molecule has 1 heterocycles. The minimum absolute atomic E-state index is 0.0865. The minimum Gasteiger partial charge on any atom is -0.492 e. The van der Waals surface area contributed by atoms with E-state index >= 15 is 0 Å². The van der Waals surface area contributed by atoms with Crippen LogP contribution in [0.2, 0.25) is 0 Å². The van der Waals surface area contributed by atoms with Gasteiger partial charge in [-0.2, -0.15) is 13.2 Å². The van der Waals surface area contributed by atoms with Gasteiger partial charge in [0.2, 0.25) is 0 Å². The van der Waals surface area contributed by atoms with Gasteiger partial charge in [0.1, 0.15) is 17.1 Å². The van der Waals surface area contributed by atoms with E-state index < -0.39 is 17.7 Å². The molecule has 0 bridgehead atoms. The molecule has 4 nitrogen and oxygen atoms in total. The van der Waals surface area contributed by atoms with Gasteiger partial charge in [0.15, 0.2) is 0 Å². The number of halogens is 3. The number of hydrogen-bond donors (Lipinski definition) is 1. The summed E-state index contributed by atoms with van der Waals surface area (Å²) in [5.41, 5.74) is -0.575. The van der Waals surface area contributed by atoms with Gasteiger partial charge in [-0.25, -0.2) is 4.79 Å². The summed E-state index contributed by atoms with van der Waals surface area (Å²) in [5, 5.41) is 2.94. The Morgan fingerprint density at radius 1 is 1.14 bits per heavy atom. The molecule has 0 saturated carbocycles. The summed E-state index contributed by atoms with van der Waals surface area (Å²) in [6.07, 6.45) is -2.98. The minimum atomic E-state index is -4.58. The molecule has 2 aromatic rings. The maximum absolute atomic E-state index is 13.8. The van der Waals surface area contributed by atoms with Crippen molar-refractivity contribution in [2.45, 2.75) is 46.0 Å². The van der Waals surface area contributed by atoms with Crippen LogP contribution < -0.4 is 14.8 Å². The second kappa shape index (κ2) is 8.22. The Morgan fingerprint density at radius 3 is 2.46 bits per heavy atom. The Bertz CT molecular complexity index is 864. The molecule has 0 radical (unpaired) electrons. The fourth-order valence-corrected chi connectivity index (χ4v) is 3.41. The number of benzene rings is 2. The average Bonchev–Trinajstić information content (AvgIpc) is 3.10. The second-order valence-corrected chi connectivity index (χ2v) is 6.67. The van der Waals surface area contributed by atoms with Crippen LogP contribution in [0.1, 0.15) is 52.4 Å². The van der Waals surface area contributed by atoms with Crippen molar-refractivity contribution in [3.8, 4) is 11.5 Å². The van der Waals surface area contributed by atoms with Crippen molar-refractivity contribution in [3.05, 3.63) is 58.1 Å². The topological polar surface area (TPSA) is 47.6 Å². The lowest BCUT2D eigenvalue weighted by Gasteiger charge is -2.22. The van der Waals surface area contributed by atoms with Crippen LogP contribution in [-0.2, 0) is 19.3 Å². The summed E-state index contributed by atoms with van der Waals surface area (Å²) in [7, 11) is 0. The van der Waals surface area contributed by atoms with Gasteiger partial charge >= 0.3 is 12.1 Å². The van der Waals surface area contributed by atoms with Gasteiger partial charge in [-0.15, -0.1) is 0 Å². The maximum atomic E-state index is 13.8. The molecule has 3 rings (SSSR count). The molecule has 0 fully saturated rings. The van der Waals surface area contributed by atoms with E-state index in [4.69, 9.17) is 9.47 Å². The van der Waals surface area contributed by atoms with Gasteiger partial charge in [-0.3, -0.25) is 0 Å². The number of carbonyl (C=O) groups is 1. The van der Waals surface area contributed by atoms with Gasteiger partial charge in [0.05, 0.1) is 12.2 Å². The SMILES string of the molecule is CCCCOc1c2c(c(C(F)(F)F)c(C)c1C(=O)Oc1ccccc1)CNC2. The number of unbranched alkanes of at least 4 members (excludes halogenated alkanes) is 1. The summed E-state index contributed by atoms with van der Waals surface area (Å²) in [6.45, 7) is 3.90. The number of fused-ring (bicyclic) bond motifs is 1. The fourth-order valence-electron chi connectivity index (χ4n) is 3.41. The third kappa shape index (κ3) is 3.99. The summed E-state index contributed by atoms with van der Waals surface area (Å²) < 4.78 is 52.5. The number of ether oxygens (including phenoxy) is 2. The van der Waals surface area contributed by atoms with Crippen LogP contribution in [0.4, 0.5) is 13.2 Å². The second-order valence-electron chi connectivity index (χ2n) is 6.67. The molecule has 0 aromatic heterocycles. The van der Waals surface area contributed by atoms with Crippen molar-refractivity contribution in [1.29, 1.82) is 0 Å².